The van der Waals surface area contributed by atoms with Crippen LogP contribution in [0.5, 0.6) is 0 Å². The molecule has 0 unspecified atom stereocenters. The van der Waals surface area contributed by atoms with Crippen LogP contribution >= 0.6 is 0 Å². The highest BCUT2D eigenvalue weighted by Gasteiger charge is 2.61. The number of carbonyl (C=O) groups is 1. The molecule has 3 fully saturated rings. The van der Waals surface area contributed by atoms with Crippen LogP contribution in [0.4, 0.5) is 0 Å². The molecular formula is C19H25NO3. The van der Waals surface area contributed by atoms with Crippen molar-refractivity contribution in [2.24, 2.45) is 5.41 Å². The lowest BCUT2D eigenvalue weighted by Gasteiger charge is -2.44. The SMILES string of the molecule is O=C(NCC1(C2(O)CCC2)CC1)[C@@H]1OCC[C@@H]1c1ccccc1. The van der Waals surface area contributed by atoms with Gasteiger partial charge in [-0.2, -0.15) is 0 Å². The zero-order chi connectivity index (χ0) is 15.9. The molecule has 1 aliphatic heterocycles. The minimum atomic E-state index is -0.532. The number of amides is 1. The Kier molecular flexibility index (Phi) is 3.69. The normalized spacial score (nSPS) is 30.5. The van der Waals surface area contributed by atoms with Gasteiger partial charge in [0.05, 0.1) is 5.60 Å². The maximum absolute atomic E-state index is 12.6. The number of hydrogen-bond donors (Lipinski definition) is 2. The smallest absolute Gasteiger partial charge is 0.249 e. The summed E-state index contributed by atoms with van der Waals surface area (Å²) in [5.41, 5.74) is 0.570. The number of nitrogens with one attached hydrogen (secondary N) is 1. The summed E-state index contributed by atoms with van der Waals surface area (Å²) >= 11 is 0. The Labute approximate surface area is 137 Å². The van der Waals surface area contributed by atoms with Crippen molar-refractivity contribution in [1.82, 2.24) is 5.32 Å². The Morgan fingerprint density at radius 2 is 1.96 bits per heavy atom. The molecule has 2 N–H and O–H groups in total. The van der Waals surface area contributed by atoms with Gasteiger partial charge in [-0.15, -0.1) is 0 Å². The second kappa shape index (κ2) is 5.60. The van der Waals surface area contributed by atoms with Gasteiger partial charge in [0.15, 0.2) is 0 Å². The summed E-state index contributed by atoms with van der Waals surface area (Å²) in [6, 6.07) is 10.1. The van der Waals surface area contributed by atoms with E-state index in [1.807, 2.05) is 18.2 Å². The van der Waals surface area contributed by atoms with E-state index in [-0.39, 0.29) is 17.2 Å². The molecule has 124 valence electrons. The van der Waals surface area contributed by atoms with Crippen LogP contribution in [0.1, 0.15) is 50.0 Å². The van der Waals surface area contributed by atoms with E-state index in [1.165, 1.54) is 5.56 Å². The van der Waals surface area contributed by atoms with Crippen molar-refractivity contribution >= 4 is 5.91 Å². The van der Waals surface area contributed by atoms with Crippen LogP contribution in [0.3, 0.4) is 0 Å². The Morgan fingerprint density at radius 3 is 2.57 bits per heavy atom. The fourth-order valence-electron chi connectivity index (χ4n) is 4.25. The highest BCUT2D eigenvalue weighted by Crippen LogP contribution is 2.60. The van der Waals surface area contributed by atoms with Gasteiger partial charge >= 0.3 is 0 Å². The molecule has 23 heavy (non-hydrogen) atoms. The second-order valence-corrected chi connectivity index (χ2v) is 7.48. The number of carbonyl (C=O) groups excluding carboxylic acids is 1. The Morgan fingerprint density at radius 1 is 1.22 bits per heavy atom. The number of ether oxygens (including phenoxy) is 1. The molecule has 0 aromatic heterocycles. The summed E-state index contributed by atoms with van der Waals surface area (Å²) < 4.78 is 5.72. The highest BCUT2D eigenvalue weighted by molar-refractivity contribution is 5.82. The minimum absolute atomic E-state index is 0.0226. The number of rotatable bonds is 5. The van der Waals surface area contributed by atoms with E-state index in [1.54, 1.807) is 0 Å². The molecule has 4 nitrogen and oxygen atoms in total. The first-order chi connectivity index (χ1) is 11.1. The summed E-state index contributed by atoms with van der Waals surface area (Å²) in [6.07, 6.45) is 5.41. The van der Waals surface area contributed by atoms with Crippen molar-refractivity contribution in [2.45, 2.75) is 56.1 Å². The molecule has 1 amide bonds. The van der Waals surface area contributed by atoms with Crippen LogP contribution in [0.15, 0.2) is 30.3 Å². The third kappa shape index (κ3) is 2.58. The molecule has 2 saturated carbocycles. The van der Waals surface area contributed by atoms with Gasteiger partial charge in [-0.25, -0.2) is 0 Å². The van der Waals surface area contributed by atoms with Crippen molar-refractivity contribution < 1.29 is 14.6 Å². The molecule has 1 saturated heterocycles. The minimum Gasteiger partial charge on any atom is -0.389 e. The zero-order valence-corrected chi connectivity index (χ0v) is 13.5. The van der Waals surface area contributed by atoms with Crippen LogP contribution in [0, 0.1) is 5.41 Å². The maximum atomic E-state index is 12.6. The molecule has 0 bridgehead atoms. The fourth-order valence-corrected chi connectivity index (χ4v) is 4.25. The predicted molar refractivity (Wildman–Crippen MR) is 87.0 cm³/mol. The molecule has 4 heteroatoms. The Hall–Kier alpha value is -1.39. The van der Waals surface area contributed by atoms with Crippen LogP contribution in [-0.4, -0.2) is 35.9 Å². The number of aliphatic hydroxyl groups is 1. The molecular weight excluding hydrogens is 290 g/mol. The van der Waals surface area contributed by atoms with E-state index in [9.17, 15) is 9.90 Å². The molecule has 3 aliphatic rings. The molecule has 1 aromatic rings. The molecule has 4 rings (SSSR count). The van der Waals surface area contributed by atoms with E-state index in [2.05, 4.69) is 17.4 Å². The van der Waals surface area contributed by atoms with Gasteiger partial charge in [-0.1, -0.05) is 30.3 Å². The maximum Gasteiger partial charge on any atom is 0.249 e. The molecule has 0 radical (unpaired) electrons. The van der Waals surface area contributed by atoms with Gasteiger partial charge in [0.1, 0.15) is 6.10 Å². The third-order valence-electron chi connectivity index (χ3n) is 6.20. The van der Waals surface area contributed by atoms with Gasteiger partial charge in [-0.05, 0) is 44.1 Å². The van der Waals surface area contributed by atoms with Crippen LogP contribution in [-0.2, 0) is 9.53 Å². The van der Waals surface area contributed by atoms with Gasteiger partial charge in [0, 0.05) is 24.5 Å². The molecule has 1 aromatic carbocycles. The lowest BCUT2D eigenvalue weighted by atomic mass is 9.68. The van der Waals surface area contributed by atoms with Crippen molar-refractivity contribution in [1.29, 1.82) is 0 Å². The molecule has 1 heterocycles. The quantitative estimate of drug-likeness (QED) is 0.877. The average molecular weight is 315 g/mol. The summed E-state index contributed by atoms with van der Waals surface area (Å²) in [4.78, 5) is 12.6. The van der Waals surface area contributed by atoms with Gasteiger partial charge in [0.2, 0.25) is 5.91 Å². The van der Waals surface area contributed by atoms with E-state index >= 15 is 0 Å². The summed E-state index contributed by atoms with van der Waals surface area (Å²) in [5, 5.41) is 13.7. The second-order valence-electron chi connectivity index (χ2n) is 7.48. The van der Waals surface area contributed by atoms with Crippen LogP contribution in [0.2, 0.25) is 0 Å². The summed E-state index contributed by atoms with van der Waals surface area (Å²) in [6.45, 7) is 1.22. The third-order valence-corrected chi connectivity index (χ3v) is 6.20. The average Bonchev–Trinajstić information content (AvgIpc) is 3.19. The van der Waals surface area contributed by atoms with Gasteiger partial charge in [-0.3, -0.25) is 4.79 Å². The monoisotopic (exact) mass is 315 g/mol. The first-order valence-electron chi connectivity index (χ1n) is 8.80. The lowest BCUT2D eigenvalue weighted by molar-refractivity contribution is -0.133. The lowest BCUT2D eigenvalue weighted by Crippen LogP contribution is -2.52. The predicted octanol–water partition coefficient (Wildman–Crippen LogP) is 2.37. The Balaban J connectivity index is 1.39. The number of hydrogen-bond acceptors (Lipinski definition) is 3. The van der Waals surface area contributed by atoms with Crippen molar-refractivity contribution in [3.63, 3.8) is 0 Å². The largest absolute Gasteiger partial charge is 0.389 e. The summed E-state index contributed by atoms with van der Waals surface area (Å²) in [5.74, 6) is 0.115. The Bertz CT molecular complexity index is 578. The summed E-state index contributed by atoms with van der Waals surface area (Å²) in [7, 11) is 0. The molecule has 0 spiro atoms. The first-order valence-corrected chi connectivity index (χ1v) is 8.80. The highest BCUT2D eigenvalue weighted by atomic mass is 16.5. The first kappa shape index (κ1) is 15.2. The molecule has 2 aliphatic carbocycles. The fraction of sp³-hybridized carbons (Fsp3) is 0.632. The van der Waals surface area contributed by atoms with E-state index in [0.29, 0.717) is 13.2 Å². The van der Waals surface area contributed by atoms with Crippen molar-refractivity contribution in [3.05, 3.63) is 35.9 Å². The zero-order valence-electron chi connectivity index (χ0n) is 13.5. The topological polar surface area (TPSA) is 58.6 Å². The van der Waals surface area contributed by atoms with E-state index in [0.717, 1.165) is 38.5 Å². The van der Waals surface area contributed by atoms with Crippen molar-refractivity contribution in [2.75, 3.05) is 13.2 Å². The van der Waals surface area contributed by atoms with Crippen LogP contribution < -0.4 is 5.32 Å². The standard InChI is InChI=1S/C19H25NO3/c21-17(20-13-18(10-11-18)19(22)8-4-9-19)16-15(7-12-23-16)14-5-2-1-3-6-14/h1-3,5-6,15-16,22H,4,7-13H2,(H,20,21)/t15-,16-/m1/s1. The van der Waals surface area contributed by atoms with Crippen molar-refractivity contribution in [3.8, 4) is 0 Å². The van der Waals surface area contributed by atoms with Gasteiger partial charge < -0.3 is 15.2 Å². The van der Waals surface area contributed by atoms with Gasteiger partial charge in [0.25, 0.3) is 0 Å². The molecule has 2 atom stereocenters. The number of benzene rings is 1. The van der Waals surface area contributed by atoms with E-state index < -0.39 is 11.7 Å². The van der Waals surface area contributed by atoms with Crippen LogP contribution in [0.25, 0.3) is 0 Å². The van der Waals surface area contributed by atoms with E-state index in [4.69, 9.17) is 4.74 Å².